The summed E-state index contributed by atoms with van der Waals surface area (Å²) in [7, 11) is 3.70. The van der Waals surface area contributed by atoms with Crippen molar-refractivity contribution >= 4 is 21.7 Å². The second-order valence-electron chi connectivity index (χ2n) is 4.74. The zero-order chi connectivity index (χ0) is 10.6. The van der Waals surface area contributed by atoms with Gasteiger partial charge in [-0.15, -0.1) is 0 Å². The van der Waals surface area contributed by atoms with Gasteiger partial charge in [0.1, 0.15) is 15.7 Å². The quantitative estimate of drug-likeness (QED) is 0.566. The van der Waals surface area contributed by atoms with E-state index in [-0.39, 0.29) is 17.2 Å². The van der Waals surface area contributed by atoms with Crippen LogP contribution in [0.5, 0.6) is 0 Å². The van der Waals surface area contributed by atoms with E-state index in [0.717, 1.165) is 6.54 Å². The molecule has 5 heteroatoms. The molecule has 13 heavy (non-hydrogen) atoms. The number of hydrogen-bond acceptors (Lipinski definition) is 2. The first-order chi connectivity index (χ1) is 5.74. The van der Waals surface area contributed by atoms with Crippen LogP contribution in [0.1, 0.15) is 20.8 Å². The summed E-state index contributed by atoms with van der Waals surface area (Å²) >= 11 is 0. The van der Waals surface area contributed by atoms with E-state index < -0.39 is 5.97 Å². The highest BCUT2D eigenvalue weighted by Crippen LogP contribution is 2.17. The molecule has 0 amide bonds. The molecular weight excluding hydrogens is 164 g/mol. The summed E-state index contributed by atoms with van der Waals surface area (Å²) in [6.45, 7) is 6.97. The summed E-state index contributed by atoms with van der Waals surface area (Å²) in [4.78, 5) is 10.6. The number of carboxylic acids is 1. The van der Waals surface area contributed by atoms with E-state index in [4.69, 9.17) is 5.11 Å². The molecule has 0 saturated heterocycles. The third-order valence-corrected chi connectivity index (χ3v) is 2.20. The molecule has 0 aliphatic rings. The average molecular weight is 183 g/mol. The predicted octanol–water partition coefficient (Wildman–Crippen LogP) is -0.698. The molecule has 0 aliphatic carbocycles. The van der Waals surface area contributed by atoms with Gasteiger partial charge in [-0.1, -0.05) is 5.82 Å². The van der Waals surface area contributed by atoms with Crippen molar-refractivity contribution in [3.63, 3.8) is 0 Å². The molecule has 0 saturated carbocycles. The fourth-order valence-corrected chi connectivity index (χ4v) is 0.887. The van der Waals surface area contributed by atoms with Crippen molar-refractivity contribution in [1.82, 2.24) is 5.32 Å². The second kappa shape index (κ2) is 4.70. The van der Waals surface area contributed by atoms with Crippen LogP contribution in [0.4, 0.5) is 0 Å². The Labute approximate surface area is 82.1 Å². The van der Waals surface area contributed by atoms with Crippen LogP contribution in [-0.4, -0.2) is 38.9 Å². The van der Waals surface area contributed by atoms with Crippen molar-refractivity contribution in [3.8, 4) is 0 Å². The number of carboxylic acid groups (broad SMARTS) is 1. The van der Waals surface area contributed by atoms with Gasteiger partial charge in [0.25, 0.3) is 5.97 Å². The highest BCUT2D eigenvalue weighted by atomic mass is 16.4. The first-order valence-electron chi connectivity index (χ1n) is 4.72. The van der Waals surface area contributed by atoms with E-state index in [9.17, 15) is 4.79 Å². The minimum Gasteiger partial charge on any atom is -0.482 e. The molecule has 0 radical (unpaired) electrons. The molecule has 2 N–H and O–H groups in total. The minimum atomic E-state index is -0.719. The second-order valence-corrected chi connectivity index (χ2v) is 4.74. The lowest BCUT2D eigenvalue weighted by atomic mass is 9.66. The number of aliphatic carboxylic acids is 1. The van der Waals surface area contributed by atoms with Gasteiger partial charge < -0.3 is 10.4 Å². The molecule has 0 aliphatic heterocycles. The molecule has 0 heterocycles. The maximum absolute atomic E-state index is 10.6. The van der Waals surface area contributed by atoms with Crippen LogP contribution in [0.2, 0.25) is 11.6 Å². The smallest absolute Gasteiger partial charge is 0.297 e. The maximum atomic E-state index is 10.6. The van der Waals surface area contributed by atoms with Crippen LogP contribution in [0, 0.1) is 0 Å². The Morgan fingerprint density at radius 2 is 1.92 bits per heavy atom. The van der Waals surface area contributed by atoms with Crippen molar-refractivity contribution in [1.29, 1.82) is 0 Å². The van der Waals surface area contributed by atoms with Gasteiger partial charge in [0.2, 0.25) is 0 Å². The van der Waals surface area contributed by atoms with Crippen molar-refractivity contribution in [3.05, 3.63) is 0 Å². The Balaban J connectivity index is 3.88. The van der Waals surface area contributed by atoms with Crippen molar-refractivity contribution in [2.75, 3.05) is 6.54 Å². The average Bonchev–Trinajstić information content (AvgIpc) is 1.97. The van der Waals surface area contributed by atoms with Gasteiger partial charge in [-0.3, -0.25) is 4.79 Å². The molecule has 2 unspecified atom stereocenters. The lowest BCUT2D eigenvalue weighted by molar-refractivity contribution is -0.136. The Morgan fingerprint density at radius 1 is 1.46 bits per heavy atom. The molecule has 3 nitrogen and oxygen atoms in total. The van der Waals surface area contributed by atoms with Gasteiger partial charge in [0, 0.05) is 11.4 Å². The molecule has 74 valence electrons. The molecule has 0 aromatic carbocycles. The monoisotopic (exact) mass is 183 g/mol. The fourth-order valence-electron chi connectivity index (χ4n) is 0.887. The summed E-state index contributed by atoms with van der Waals surface area (Å²) in [5, 5.41) is 12.0. The van der Waals surface area contributed by atoms with Crippen LogP contribution in [-0.2, 0) is 4.79 Å². The standard InChI is InChI=1S/C8H19B2NO2/c1-8(2,3)11-4-5(9)6(10)7(12)13/h5-6,11H,4,9-10H2,1-3H3,(H,12,13). The van der Waals surface area contributed by atoms with E-state index in [1.165, 1.54) is 0 Å². The Kier molecular flexibility index (Phi) is 4.54. The Bertz CT molecular complexity index is 179. The van der Waals surface area contributed by atoms with Crippen LogP contribution in [0.25, 0.3) is 0 Å². The third-order valence-electron chi connectivity index (χ3n) is 2.20. The number of hydrogen-bond donors (Lipinski definition) is 2. The lowest BCUT2D eigenvalue weighted by Crippen LogP contribution is -2.39. The minimum absolute atomic E-state index is 0.0620. The normalized spacial score (nSPS) is 16.5. The van der Waals surface area contributed by atoms with Gasteiger partial charge in [0.05, 0.1) is 0 Å². The van der Waals surface area contributed by atoms with E-state index in [1.54, 1.807) is 7.85 Å². The van der Waals surface area contributed by atoms with Crippen LogP contribution < -0.4 is 5.32 Å². The largest absolute Gasteiger partial charge is 0.482 e. The van der Waals surface area contributed by atoms with Crippen molar-refractivity contribution in [2.45, 2.75) is 37.9 Å². The van der Waals surface area contributed by atoms with Gasteiger partial charge in [0.15, 0.2) is 0 Å². The zero-order valence-electron chi connectivity index (χ0n) is 9.22. The number of carbonyl (C=O) groups is 1. The molecule has 0 spiro atoms. The van der Waals surface area contributed by atoms with Gasteiger partial charge in [-0.25, -0.2) is 0 Å². The van der Waals surface area contributed by atoms with E-state index in [2.05, 4.69) is 26.1 Å². The Hall–Kier alpha value is -0.440. The highest BCUT2D eigenvalue weighted by Gasteiger charge is 2.20. The predicted molar refractivity (Wildman–Crippen MR) is 60.0 cm³/mol. The summed E-state index contributed by atoms with van der Waals surface area (Å²) in [6, 6.07) is 0. The molecule has 0 rings (SSSR count). The summed E-state index contributed by atoms with van der Waals surface area (Å²) in [5.74, 6) is -0.838. The van der Waals surface area contributed by atoms with Gasteiger partial charge in [-0.05, 0) is 27.3 Å². The topological polar surface area (TPSA) is 49.3 Å². The van der Waals surface area contributed by atoms with Crippen molar-refractivity contribution < 1.29 is 9.90 Å². The molecule has 2 atom stereocenters. The number of rotatable bonds is 4. The van der Waals surface area contributed by atoms with Crippen molar-refractivity contribution in [2.24, 2.45) is 0 Å². The van der Waals surface area contributed by atoms with Gasteiger partial charge in [-0.2, -0.15) is 0 Å². The number of nitrogens with one attached hydrogen (secondary N) is 1. The van der Waals surface area contributed by atoms with Crippen LogP contribution in [0.3, 0.4) is 0 Å². The highest BCUT2D eigenvalue weighted by molar-refractivity contribution is 6.29. The first kappa shape index (κ1) is 12.6. The fraction of sp³-hybridized carbons (Fsp3) is 0.875. The Morgan fingerprint density at radius 3 is 2.23 bits per heavy atom. The van der Waals surface area contributed by atoms with Gasteiger partial charge >= 0.3 is 0 Å². The lowest BCUT2D eigenvalue weighted by Gasteiger charge is -2.25. The molecule has 0 bridgehead atoms. The molecule has 0 aromatic heterocycles. The third kappa shape index (κ3) is 5.75. The zero-order valence-corrected chi connectivity index (χ0v) is 9.22. The summed E-state index contributed by atoms with van der Waals surface area (Å²) in [5.41, 5.74) is 0.0620. The summed E-state index contributed by atoms with van der Waals surface area (Å²) < 4.78 is 0. The SMILES string of the molecule is BC(CNC(C)(C)C)C(B)C(=O)O. The van der Waals surface area contributed by atoms with E-state index in [1.807, 2.05) is 7.85 Å². The first-order valence-corrected chi connectivity index (χ1v) is 4.72. The van der Waals surface area contributed by atoms with E-state index in [0.29, 0.717) is 0 Å². The summed E-state index contributed by atoms with van der Waals surface area (Å²) in [6.07, 6.45) is 0. The molecule has 0 aromatic rings. The molecular formula is C8H19B2NO2. The molecule has 0 fully saturated rings. The van der Waals surface area contributed by atoms with E-state index >= 15 is 0 Å². The maximum Gasteiger partial charge on any atom is 0.297 e. The van der Waals surface area contributed by atoms with Crippen LogP contribution in [0.15, 0.2) is 0 Å². The van der Waals surface area contributed by atoms with Crippen LogP contribution >= 0.6 is 0 Å².